The molecule has 0 spiro atoms. The summed E-state index contributed by atoms with van der Waals surface area (Å²) in [7, 11) is -6.41. The Hall–Kier alpha value is -1.87. The second-order valence-electron chi connectivity index (χ2n) is 9.45. The summed E-state index contributed by atoms with van der Waals surface area (Å²) in [5.41, 5.74) is -4.09. The fourth-order valence-corrected chi connectivity index (χ4v) is 5.10. The van der Waals surface area contributed by atoms with Gasteiger partial charge >= 0.3 is 6.18 Å². The van der Waals surface area contributed by atoms with Gasteiger partial charge in [-0.05, 0) is 43.3 Å². The van der Waals surface area contributed by atoms with Crippen molar-refractivity contribution in [3.05, 3.63) is 35.0 Å². The molecule has 0 aliphatic heterocycles. The second-order valence-corrected chi connectivity index (χ2v) is 16.1. The predicted octanol–water partition coefficient (Wildman–Crippen LogP) is 4.57. The van der Waals surface area contributed by atoms with Gasteiger partial charge in [0.2, 0.25) is 10.0 Å². The highest BCUT2D eigenvalue weighted by atomic mass is 32.2. The fourth-order valence-electron chi connectivity index (χ4n) is 2.90. The maximum atomic E-state index is 13.4. The van der Waals surface area contributed by atoms with Crippen LogP contribution in [0.3, 0.4) is 0 Å². The van der Waals surface area contributed by atoms with Gasteiger partial charge in [-0.25, -0.2) is 12.4 Å². The molecule has 31 heavy (non-hydrogen) atoms. The van der Waals surface area contributed by atoms with Crippen molar-refractivity contribution >= 4 is 29.2 Å². The maximum absolute atomic E-state index is 13.4. The summed E-state index contributed by atoms with van der Waals surface area (Å²) in [5.74, 6) is 0. The number of hydrogen-bond donors (Lipinski definition) is 1. The van der Waals surface area contributed by atoms with Gasteiger partial charge in [-0.2, -0.15) is 18.4 Å². The molecule has 172 valence electrons. The summed E-state index contributed by atoms with van der Waals surface area (Å²) in [6.45, 7) is 11.0. The van der Waals surface area contributed by atoms with E-state index < -0.39 is 41.2 Å². The van der Waals surface area contributed by atoms with E-state index in [2.05, 4.69) is 0 Å². The normalized spacial score (nSPS) is 15.7. The van der Waals surface area contributed by atoms with Gasteiger partial charge < -0.3 is 9.53 Å². The molecule has 0 bridgehead atoms. The van der Waals surface area contributed by atoms with Crippen LogP contribution >= 0.6 is 0 Å². The lowest BCUT2D eigenvalue weighted by Crippen LogP contribution is -2.45. The number of rotatable bonds is 5. The number of hydrogen-bond acceptors (Lipinski definition) is 5. The smallest absolute Gasteiger partial charge is 0.413 e. The van der Waals surface area contributed by atoms with Crippen LogP contribution in [0, 0.1) is 11.3 Å². The largest absolute Gasteiger partial charge is 0.417 e. The van der Waals surface area contributed by atoms with Gasteiger partial charge in [-0.15, -0.1) is 0 Å². The van der Waals surface area contributed by atoms with E-state index in [1.807, 2.05) is 33.9 Å². The molecule has 2 rings (SSSR count). The topological polar surface area (TPSA) is 92.3 Å². The van der Waals surface area contributed by atoms with Crippen molar-refractivity contribution in [2.24, 2.45) is 0 Å². The Balaban J connectivity index is 2.74. The maximum Gasteiger partial charge on any atom is 0.417 e. The Morgan fingerprint density at radius 1 is 1.16 bits per heavy atom. The molecule has 0 radical (unpaired) electrons. The highest BCUT2D eigenvalue weighted by Gasteiger charge is 2.41. The van der Waals surface area contributed by atoms with Crippen molar-refractivity contribution < 1.29 is 31.1 Å². The van der Waals surface area contributed by atoms with Crippen molar-refractivity contribution in [2.75, 3.05) is 12.9 Å². The zero-order valence-electron chi connectivity index (χ0n) is 18.5. The minimum absolute atomic E-state index is 0.0950. The molecule has 1 unspecified atom stereocenters. The van der Waals surface area contributed by atoms with Crippen LogP contribution < -0.4 is 0 Å². The molecular weight excluding hydrogens is 449 g/mol. The van der Waals surface area contributed by atoms with Crippen LogP contribution in [0.15, 0.2) is 18.2 Å². The summed E-state index contributed by atoms with van der Waals surface area (Å²) in [5, 5.41) is 20.2. The number of alkyl halides is 3. The van der Waals surface area contributed by atoms with Gasteiger partial charge in [0.25, 0.3) is 0 Å². The van der Waals surface area contributed by atoms with Crippen LogP contribution in [0.4, 0.5) is 13.2 Å². The summed E-state index contributed by atoms with van der Waals surface area (Å²) in [4.78, 5) is 0. The molecule has 1 atom stereocenters. The van der Waals surface area contributed by atoms with Gasteiger partial charge in [0.1, 0.15) is 5.60 Å². The fraction of sp³-hybridized carbons (Fsp3) is 0.550. The number of halogens is 3. The first-order valence-corrected chi connectivity index (χ1v) is 14.2. The van der Waals surface area contributed by atoms with E-state index in [9.17, 15) is 26.7 Å². The van der Waals surface area contributed by atoms with Crippen LogP contribution in [0.1, 0.15) is 44.5 Å². The zero-order valence-corrected chi connectivity index (χ0v) is 20.4. The van der Waals surface area contributed by atoms with Crippen molar-refractivity contribution in [1.82, 2.24) is 3.97 Å². The Kier molecular flexibility index (Phi) is 6.24. The third kappa shape index (κ3) is 4.97. The van der Waals surface area contributed by atoms with Crippen molar-refractivity contribution in [2.45, 2.75) is 57.6 Å². The minimum atomic E-state index is -4.85. The molecule has 0 saturated carbocycles. The van der Waals surface area contributed by atoms with Crippen LogP contribution in [0.2, 0.25) is 18.1 Å². The molecular formula is C20H27F3N2O4SSi. The molecule has 1 aromatic heterocycles. The lowest BCUT2D eigenvalue weighted by Gasteiger charge is -2.38. The minimum Gasteiger partial charge on any atom is -0.413 e. The summed E-state index contributed by atoms with van der Waals surface area (Å²) >= 11 is 0. The molecule has 0 aliphatic rings. The molecule has 0 saturated heterocycles. The Bertz CT molecular complexity index is 1150. The molecule has 6 nitrogen and oxygen atoms in total. The summed E-state index contributed by atoms with van der Waals surface area (Å²) in [6, 6.07) is 4.39. The van der Waals surface area contributed by atoms with E-state index in [1.54, 1.807) is 0 Å². The molecule has 1 N–H and O–H groups in total. The predicted molar refractivity (Wildman–Crippen MR) is 115 cm³/mol. The summed E-state index contributed by atoms with van der Waals surface area (Å²) < 4.78 is 72.0. The van der Waals surface area contributed by atoms with E-state index in [0.717, 1.165) is 12.3 Å². The van der Waals surface area contributed by atoms with Gasteiger partial charge in [0.05, 0.1) is 41.3 Å². The quantitative estimate of drug-likeness (QED) is 0.638. The van der Waals surface area contributed by atoms with Crippen molar-refractivity contribution in [3.8, 4) is 6.07 Å². The lowest BCUT2D eigenvalue weighted by molar-refractivity contribution is -0.137. The molecule has 0 fully saturated rings. The van der Waals surface area contributed by atoms with Crippen LogP contribution in [0.5, 0.6) is 0 Å². The molecule has 11 heteroatoms. The average molecular weight is 477 g/mol. The van der Waals surface area contributed by atoms with E-state index >= 15 is 0 Å². The third-order valence-electron chi connectivity index (χ3n) is 5.73. The van der Waals surface area contributed by atoms with E-state index in [1.165, 1.54) is 19.1 Å². The number of nitriles is 1. The van der Waals surface area contributed by atoms with Crippen LogP contribution in [-0.4, -0.2) is 38.7 Å². The molecule has 1 aromatic carbocycles. The first kappa shape index (κ1) is 25.4. The third-order valence-corrected chi connectivity index (χ3v) is 11.3. The molecule has 0 aliphatic carbocycles. The van der Waals surface area contributed by atoms with Gasteiger partial charge in [0, 0.05) is 5.39 Å². The molecule has 1 heterocycles. The highest BCUT2D eigenvalue weighted by molar-refractivity contribution is 7.89. The highest BCUT2D eigenvalue weighted by Crippen LogP contribution is 2.40. The summed E-state index contributed by atoms with van der Waals surface area (Å²) in [6.07, 6.45) is -4.01. The standard InChI is InChI=1S/C20H27F3N2O4SSi/c1-18(2,3)31(6,7)29-12-19(4,26)17-9-13-8-14(11-24)15(20(21,22)23)10-16(13)25(17)30(5,27)28/h8-10,26H,12H2,1-7H3. The number of aromatic nitrogens is 1. The monoisotopic (exact) mass is 476 g/mol. The Morgan fingerprint density at radius 2 is 1.71 bits per heavy atom. The van der Waals surface area contributed by atoms with Crippen molar-refractivity contribution in [3.63, 3.8) is 0 Å². The van der Waals surface area contributed by atoms with Gasteiger partial charge in [-0.3, -0.25) is 0 Å². The molecule has 0 amide bonds. The van der Waals surface area contributed by atoms with E-state index in [4.69, 9.17) is 9.69 Å². The van der Waals surface area contributed by atoms with E-state index in [-0.39, 0.29) is 28.2 Å². The Morgan fingerprint density at radius 3 is 2.13 bits per heavy atom. The van der Waals surface area contributed by atoms with Crippen molar-refractivity contribution in [1.29, 1.82) is 5.26 Å². The molecule has 2 aromatic rings. The number of fused-ring (bicyclic) bond motifs is 1. The SMILES string of the molecule is CC(O)(CO[Si](C)(C)C(C)(C)C)c1cc2cc(C#N)c(C(F)(F)F)cc2n1S(C)(=O)=O. The van der Waals surface area contributed by atoms with Crippen LogP contribution in [0.25, 0.3) is 10.9 Å². The number of benzene rings is 1. The van der Waals surface area contributed by atoms with Gasteiger partial charge in [0.15, 0.2) is 8.32 Å². The first-order valence-electron chi connectivity index (χ1n) is 9.46. The van der Waals surface area contributed by atoms with Crippen LogP contribution in [-0.2, 0) is 26.2 Å². The van der Waals surface area contributed by atoms with Gasteiger partial charge in [-0.1, -0.05) is 20.8 Å². The Labute approximate surface area is 181 Å². The van der Waals surface area contributed by atoms with E-state index in [0.29, 0.717) is 10.0 Å². The average Bonchev–Trinajstić information content (AvgIpc) is 2.97. The number of aliphatic hydroxyl groups is 1. The second kappa shape index (κ2) is 7.62. The lowest BCUT2D eigenvalue weighted by atomic mass is 10.0. The zero-order chi connectivity index (χ0) is 24.2. The number of nitrogens with zero attached hydrogens (tertiary/aromatic N) is 2. The first-order chi connectivity index (χ1) is 13.7.